The van der Waals surface area contributed by atoms with Crippen molar-refractivity contribution in [2.45, 2.75) is 45.6 Å². The third-order valence-electron chi connectivity index (χ3n) is 4.94. The van der Waals surface area contributed by atoms with E-state index in [4.69, 9.17) is 0 Å². The van der Waals surface area contributed by atoms with Crippen molar-refractivity contribution in [3.05, 3.63) is 23.8 Å². The molecule has 2 N–H and O–H groups in total. The van der Waals surface area contributed by atoms with Crippen molar-refractivity contribution in [3.8, 4) is 0 Å². The van der Waals surface area contributed by atoms with E-state index in [0.717, 1.165) is 35.7 Å². The van der Waals surface area contributed by atoms with Gasteiger partial charge in [-0.2, -0.15) is 0 Å². The Bertz CT molecular complexity index is 713. The molecule has 3 rings (SSSR count). The quantitative estimate of drug-likeness (QED) is 0.764. The van der Waals surface area contributed by atoms with Gasteiger partial charge < -0.3 is 15.5 Å². The number of imide groups is 1. The molecule has 0 saturated carbocycles. The highest BCUT2D eigenvalue weighted by molar-refractivity contribution is 6.08. The molecule has 1 unspecified atom stereocenters. The van der Waals surface area contributed by atoms with Crippen LogP contribution in [0.2, 0.25) is 0 Å². The fourth-order valence-electron chi connectivity index (χ4n) is 3.50. The minimum atomic E-state index is -0.512. The Morgan fingerprint density at radius 1 is 1.27 bits per heavy atom. The van der Waals surface area contributed by atoms with Gasteiger partial charge in [0.1, 0.15) is 12.6 Å². The van der Waals surface area contributed by atoms with Crippen molar-refractivity contribution in [1.29, 1.82) is 0 Å². The molecule has 1 aromatic rings. The van der Waals surface area contributed by atoms with Crippen molar-refractivity contribution >= 4 is 29.2 Å². The van der Waals surface area contributed by atoms with Gasteiger partial charge in [-0.25, -0.2) is 4.79 Å². The lowest BCUT2D eigenvalue weighted by molar-refractivity contribution is -0.130. The highest BCUT2D eigenvalue weighted by atomic mass is 16.2. The predicted octanol–water partition coefficient (Wildman–Crippen LogP) is 2.25. The number of nitrogens with zero attached hydrogens (tertiary/aromatic N) is 2. The topological polar surface area (TPSA) is 81.8 Å². The summed E-state index contributed by atoms with van der Waals surface area (Å²) in [5, 5.41) is 5.44. The van der Waals surface area contributed by atoms with Crippen molar-refractivity contribution in [2.75, 3.05) is 29.9 Å². The highest BCUT2D eigenvalue weighted by Crippen LogP contribution is 2.25. The molecular weight excluding hydrogens is 332 g/mol. The number of rotatable bonds is 6. The first kappa shape index (κ1) is 18.2. The molecule has 2 saturated heterocycles. The van der Waals surface area contributed by atoms with Gasteiger partial charge in [-0.05, 0) is 49.9 Å². The third kappa shape index (κ3) is 3.81. The number of carbonyl (C=O) groups is 3. The van der Waals surface area contributed by atoms with Crippen LogP contribution in [0, 0.1) is 6.92 Å². The Hall–Kier alpha value is -2.57. The van der Waals surface area contributed by atoms with Crippen molar-refractivity contribution in [1.82, 2.24) is 10.2 Å². The Labute approximate surface area is 153 Å². The SMILES string of the molecule is CCCC1NC(=O)N(CC(=O)Nc2ccc(N3CCCC3)cc2C)C1=O. The van der Waals surface area contributed by atoms with E-state index in [1.807, 2.05) is 26.0 Å². The molecule has 7 nitrogen and oxygen atoms in total. The van der Waals surface area contributed by atoms with Crippen LogP contribution in [0.5, 0.6) is 0 Å². The van der Waals surface area contributed by atoms with Crippen LogP contribution in [0.3, 0.4) is 0 Å². The van der Waals surface area contributed by atoms with E-state index in [9.17, 15) is 14.4 Å². The summed E-state index contributed by atoms with van der Waals surface area (Å²) in [5.74, 6) is -0.698. The van der Waals surface area contributed by atoms with E-state index in [0.29, 0.717) is 12.1 Å². The molecule has 7 heteroatoms. The summed E-state index contributed by atoms with van der Waals surface area (Å²) < 4.78 is 0. The van der Waals surface area contributed by atoms with Crippen molar-refractivity contribution in [2.24, 2.45) is 0 Å². The van der Waals surface area contributed by atoms with E-state index in [1.54, 1.807) is 0 Å². The molecule has 2 heterocycles. The molecular formula is C19H26N4O3. The Morgan fingerprint density at radius 2 is 2.00 bits per heavy atom. The lowest BCUT2D eigenvalue weighted by Gasteiger charge is -2.19. The zero-order valence-corrected chi connectivity index (χ0v) is 15.4. The molecule has 0 bridgehead atoms. The first-order chi connectivity index (χ1) is 12.5. The largest absolute Gasteiger partial charge is 0.372 e. The van der Waals surface area contributed by atoms with Crippen molar-refractivity contribution < 1.29 is 14.4 Å². The number of hydrogen-bond donors (Lipinski definition) is 2. The standard InChI is InChI=1S/C19H26N4O3/c1-3-6-16-18(25)23(19(26)21-16)12-17(24)20-15-8-7-14(11-13(15)2)22-9-4-5-10-22/h7-8,11,16H,3-6,9-10,12H2,1-2H3,(H,20,24)(H,21,26). The van der Waals surface area contributed by atoms with E-state index in [1.165, 1.54) is 12.8 Å². The molecule has 0 aliphatic carbocycles. The summed E-state index contributed by atoms with van der Waals surface area (Å²) in [4.78, 5) is 39.8. The van der Waals surface area contributed by atoms with Crippen LogP contribution in [-0.4, -0.2) is 48.4 Å². The molecule has 2 fully saturated rings. The maximum Gasteiger partial charge on any atom is 0.325 e. The van der Waals surface area contributed by atoms with Gasteiger partial charge >= 0.3 is 6.03 Å². The lowest BCUT2D eigenvalue weighted by Crippen LogP contribution is -2.38. The number of nitrogens with one attached hydrogen (secondary N) is 2. The molecule has 0 aromatic heterocycles. The van der Waals surface area contributed by atoms with Gasteiger partial charge in [0.15, 0.2) is 0 Å². The van der Waals surface area contributed by atoms with Crippen LogP contribution in [0.1, 0.15) is 38.2 Å². The first-order valence-corrected chi connectivity index (χ1v) is 9.27. The number of benzene rings is 1. The van der Waals surface area contributed by atoms with Crippen LogP contribution < -0.4 is 15.5 Å². The van der Waals surface area contributed by atoms with Crippen LogP contribution in [0.25, 0.3) is 0 Å². The van der Waals surface area contributed by atoms with E-state index < -0.39 is 12.1 Å². The van der Waals surface area contributed by atoms with Gasteiger partial charge in [-0.1, -0.05) is 13.3 Å². The summed E-state index contributed by atoms with van der Waals surface area (Å²) in [5.41, 5.74) is 2.83. The van der Waals surface area contributed by atoms with Gasteiger partial charge in [-0.3, -0.25) is 14.5 Å². The number of anilines is 2. The maximum atomic E-state index is 12.3. The van der Waals surface area contributed by atoms with Crippen LogP contribution in [0.15, 0.2) is 18.2 Å². The van der Waals surface area contributed by atoms with Crippen LogP contribution in [0.4, 0.5) is 16.2 Å². The van der Waals surface area contributed by atoms with Crippen LogP contribution >= 0.6 is 0 Å². The van der Waals surface area contributed by atoms with Crippen molar-refractivity contribution in [3.63, 3.8) is 0 Å². The van der Waals surface area contributed by atoms with E-state index in [2.05, 4.69) is 21.6 Å². The minimum Gasteiger partial charge on any atom is -0.372 e. The molecule has 26 heavy (non-hydrogen) atoms. The van der Waals surface area contributed by atoms with Gasteiger partial charge in [0, 0.05) is 24.5 Å². The average Bonchev–Trinajstić information content (AvgIpc) is 3.22. The second kappa shape index (κ2) is 7.76. The number of hydrogen-bond acceptors (Lipinski definition) is 4. The Morgan fingerprint density at radius 3 is 2.65 bits per heavy atom. The fourth-order valence-corrected chi connectivity index (χ4v) is 3.50. The average molecular weight is 358 g/mol. The maximum absolute atomic E-state index is 12.3. The molecule has 4 amide bonds. The number of amides is 4. The molecule has 0 radical (unpaired) electrons. The summed E-state index contributed by atoms with van der Waals surface area (Å²) in [6, 6.07) is 4.93. The van der Waals surface area contributed by atoms with Gasteiger partial charge in [0.25, 0.3) is 5.91 Å². The zero-order chi connectivity index (χ0) is 18.7. The third-order valence-corrected chi connectivity index (χ3v) is 4.94. The molecule has 1 aromatic carbocycles. The number of carbonyl (C=O) groups excluding carboxylic acids is 3. The Kier molecular flexibility index (Phi) is 5.44. The number of urea groups is 1. The Balaban J connectivity index is 1.61. The fraction of sp³-hybridized carbons (Fsp3) is 0.526. The summed E-state index contributed by atoms with van der Waals surface area (Å²) in [7, 11) is 0. The zero-order valence-electron chi connectivity index (χ0n) is 15.4. The summed E-state index contributed by atoms with van der Waals surface area (Å²) in [6.45, 7) is 5.76. The van der Waals surface area contributed by atoms with Gasteiger partial charge in [-0.15, -0.1) is 0 Å². The van der Waals surface area contributed by atoms with E-state index in [-0.39, 0.29) is 18.4 Å². The van der Waals surface area contributed by atoms with Gasteiger partial charge in [0.2, 0.25) is 5.91 Å². The molecule has 2 aliphatic heterocycles. The normalized spacial score (nSPS) is 19.8. The lowest BCUT2D eigenvalue weighted by atomic mass is 10.1. The molecule has 0 spiro atoms. The monoisotopic (exact) mass is 358 g/mol. The second-order valence-corrected chi connectivity index (χ2v) is 6.96. The molecule has 1 atom stereocenters. The van der Waals surface area contributed by atoms with Crippen LogP contribution in [-0.2, 0) is 9.59 Å². The predicted molar refractivity (Wildman–Crippen MR) is 100 cm³/mol. The smallest absolute Gasteiger partial charge is 0.325 e. The van der Waals surface area contributed by atoms with Gasteiger partial charge in [0.05, 0.1) is 0 Å². The highest BCUT2D eigenvalue weighted by Gasteiger charge is 2.38. The molecule has 2 aliphatic rings. The molecule has 140 valence electrons. The number of aryl methyl sites for hydroxylation is 1. The van der Waals surface area contributed by atoms with E-state index >= 15 is 0 Å². The summed E-state index contributed by atoms with van der Waals surface area (Å²) >= 11 is 0. The first-order valence-electron chi connectivity index (χ1n) is 9.27. The summed E-state index contributed by atoms with van der Waals surface area (Å²) in [6.07, 6.45) is 3.80. The second-order valence-electron chi connectivity index (χ2n) is 6.96. The minimum absolute atomic E-state index is 0.266.